The molecule has 0 saturated heterocycles. The first-order valence-corrected chi connectivity index (χ1v) is 6.01. The molecule has 20 heavy (non-hydrogen) atoms. The molecule has 0 saturated carbocycles. The van der Waals surface area contributed by atoms with Gasteiger partial charge in [-0.2, -0.15) is 0 Å². The largest absolute Gasteiger partial charge is 0.465 e. The normalized spacial score (nSPS) is 10.7. The molecule has 2 heterocycles. The topological polar surface area (TPSA) is 43.6 Å². The second kappa shape index (κ2) is 4.77. The Balaban J connectivity index is 2.26. The smallest absolute Gasteiger partial charge is 0.340 e. The summed E-state index contributed by atoms with van der Waals surface area (Å²) in [6.45, 7) is 0. The maximum atomic E-state index is 13.9. The minimum absolute atomic E-state index is 0.358. The number of ether oxygens (including phenoxy) is 1. The van der Waals surface area contributed by atoms with Gasteiger partial charge in [0, 0.05) is 6.20 Å². The number of aromatic nitrogens is 2. The molecule has 0 bridgehead atoms. The lowest BCUT2D eigenvalue weighted by Gasteiger charge is -2.05. The molecule has 100 valence electrons. The van der Waals surface area contributed by atoms with Crippen LogP contribution in [-0.2, 0) is 4.74 Å². The number of pyridine rings is 1. The Morgan fingerprint density at radius 3 is 2.80 bits per heavy atom. The summed E-state index contributed by atoms with van der Waals surface area (Å²) >= 11 is 0. The standard InChI is InChI=1S/C15H11FN2O2/c1-20-15(19)11-6-4-8-18-13(11)9-17-14(18)10-5-2-3-7-12(10)16/h2-9H,1H3. The van der Waals surface area contributed by atoms with E-state index < -0.39 is 5.97 Å². The van der Waals surface area contributed by atoms with Crippen molar-refractivity contribution < 1.29 is 13.9 Å². The number of esters is 1. The molecule has 0 aliphatic rings. The molecule has 5 heteroatoms. The molecule has 3 aromatic rings. The highest BCUT2D eigenvalue weighted by Crippen LogP contribution is 2.24. The van der Waals surface area contributed by atoms with Crippen molar-refractivity contribution in [3.05, 3.63) is 60.2 Å². The van der Waals surface area contributed by atoms with Crippen LogP contribution < -0.4 is 0 Å². The first-order valence-electron chi connectivity index (χ1n) is 6.01. The van der Waals surface area contributed by atoms with Gasteiger partial charge in [0.15, 0.2) is 0 Å². The van der Waals surface area contributed by atoms with E-state index in [2.05, 4.69) is 4.98 Å². The van der Waals surface area contributed by atoms with E-state index in [1.807, 2.05) is 0 Å². The van der Waals surface area contributed by atoms with E-state index in [0.29, 0.717) is 22.5 Å². The summed E-state index contributed by atoms with van der Waals surface area (Å²) in [6.07, 6.45) is 3.27. The average molecular weight is 270 g/mol. The molecule has 3 rings (SSSR count). The van der Waals surface area contributed by atoms with Crippen LogP contribution in [0.1, 0.15) is 10.4 Å². The third-order valence-electron chi connectivity index (χ3n) is 3.09. The Morgan fingerprint density at radius 2 is 2.05 bits per heavy atom. The summed E-state index contributed by atoms with van der Waals surface area (Å²) in [7, 11) is 1.32. The fourth-order valence-electron chi connectivity index (χ4n) is 2.15. The number of imidazole rings is 1. The summed E-state index contributed by atoms with van der Waals surface area (Å²) in [4.78, 5) is 15.9. The van der Waals surface area contributed by atoms with Crippen LogP contribution in [-0.4, -0.2) is 22.5 Å². The number of benzene rings is 1. The van der Waals surface area contributed by atoms with Crippen molar-refractivity contribution in [1.82, 2.24) is 9.38 Å². The zero-order chi connectivity index (χ0) is 14.1. The van der Waals surface area contributed by atoms with Gasteiger partial charge < -0.3 is 4.74 Å². The van der Waals surface area contributed by atoms with Gasteiger partial charge in [-0.3, -0.25) is 4.40 Å². The highest BCUT2D eigenvalue weighted by molar-refractivity contribution is 5.97. The molecule has 2 aromatic heterocycles. The van der Waals surface area contributed by atoms with Crippen LogP contribution in [0.15, 0.2) is 48.8 Å². The van der Waals surface area contributed by atoms with Crippen molar-refractivity contribution >= 4 is 11.5 Å². The highest BCUT2D eigenvalue weighted by atomic mass is 19.1. The van der Waals surface area contributed by atoms with Crippen molar-refractivity contribution in [3.8, 4) is 11.4 Å². The fraction of sp³-hybridized carbons (Fsp3) is 0.0667. The zero-order valence-electron chi connectivity index (χ0n) is 10.7. The first kappa shape index (κ1) is 12.3. The van der Waals surface area contributed by atoms with Crippen molar-refractivity contribution in [2.75, 3.05) is 7.11 Å². The number of halogens is 1. The number of hydrogen-bond acceptors (Lipinski definition) is 3. The predicted molar refractivity (Wildman–Crippen MR) is 71.9 cm³/mol. The Kier molecular flexibility index (Phi) is 2.95. The van der Waals surface area contributed by atoms with E-state index in [0.717, 1.165) is 0 Å². The van der Waals surface area contributed by atoms with Gasteiger partial charge in [0.05, 0.1) is 30.0 Å². The van der Waals surface area contributed by atoms with Crippen LogP contribution in [0, 0.1) is 5.82 Å². The van der Waals surface area contributed by atoms with Crippen LogP contribution in [0.5, 0.6) is 0 Å². The van der Waals surface area contributed by atoms with E-state index in [1.165, 1.54) is 19.4 Å². The number of carbonyl (C=O) groups excluding carboxylic acids is 1. The number of carbonyl (C=O) groups is 1. The van der Waals surface area contributed by atoms with Gasteiger partial charge in [-0.15, -0.1) is 0 Å². The molecule has 0 N–H and O–H groups in total. The van der Waals surface area contributed by atoms with Crippen LogP contribution in [0.25, 0.3) is 16.9 Å². The number of fused-ring (bicyclic) bond motifs is 1. The molecule has 4 nitrogen and oxygen atoms in total. The van der Waals surface area contributed by atoms with E-state index in [9.17, 15) is 9.18 Å². The molecule has 0 atom stereocenters. The fourth-order valence-corrected chi connectivity index (χ4v) is 2.15. The summed E-state index contributed by atoms with van der Waals surface area (Å²) in [5.74, 6) is -0.358. The monoisotopic (exact) mass is 270 g/mol. The molecule has 0 unspecified atom stereocenters. The molecular formula is C15H11FN2O2. The lowest BCUT2D eigenvalue weighted by atomic mass is 10.2. The summed E-state index contributed by atoms with van der Waals surface area (Å²) in [5, 5.41) is 0. The average Bonchev–Trinajstić information content (AvgIpc) is 2.90. The Bertz CT molecular complexity index is 795. The minimum Gasteiger partial charge on any atom is -0.465 e. The van der Waals surface area contributed by atoms with Crippen LogP contribution in [0.2, 0.25) is 0 Å². The van der Waals surface area contributed by atoms with Gasteiger partial charge in [-0.05, 0) is 24.3 Å². The lowest BCUT2D eigenvalue weighted by Crippen LogP contribution is -2.03. The molecule has 1 aromatic carbocycles. The molecule has 0 aliphatic carbocycles. The first-order chi connectivity index (χ1) is 9.72. The van der Waals surface area contributed by atoms with Crippen molar-refractivity contribution in [2.45, 2.75) is 0 Å². The van der Waals surface area contributed by atoms with Gasteiger partial charge >= 0.3 is 5.97 Å². The molecular weight excluding hydrogens is 259 g/mol. The van der Waals surface area contributed by atoms with Gasteiger partial charge in [0.2, 0.25) is 0 Å². The number of methoxy groups -OCH3 is 1. The minimum atomic E-state index is -0.449. The number of rotatable bonds is 2. The molecule has 0 spiro atoms. The molecule has 0 aliphatic heterocycles. The number of nitrogens with zero attached hydrogens (tertiary/aromatic N) is 2. The maximum Gasteiger partial charge on any atom is 0.340 e. The third-order valence-corrected chi connectivity index (χ3v) is 3.09. The Hall–Kier alpha value is -2.69. The van der Waals surface area contributed by atoms with Crippen molar-refractivity contribution in [2.24, 2.45) is 0 Å². The van der Waals surface area contributed by atoms with Crippen molar-refractivity contribution in [3.63, 3.8) is 0 Å². The Morgan fingerprint density at radius 1 is 1.25 bits per heavy atom. The second-order valence-corrected chi connectivity index (χ2v) is 4.23. The quantitative estimate of drug-likeness (QED) is 0.672. The molecule has 0 fully saturated rings. The van der Waals surface area contributed by atoms with Crippen LogP contribution in [0.3, 0.4) is 0 Å². The van der Waals surface area contributed by atoms with E-state index in [4.69, 9.17) is 4.74 Å². The summed E-state index contributed by atoms with van der Waals surface area (Å²) in [5.41, 5.74) is 1.36. The zero-order valence-corrected chi connectivity index (χ0v) is 10.7. The molecule has 0 radical (unpaired) electrons. The van der Waals surface area contributed by atoms with Crippen molar-refractivity contribution in [1.29, 1.82) is 0 Å². The lowest BCUT2D eigenvalue weighted by molar-refractivity contribution is 0.0602. The van der Waals surface area contributed by atoms with Crippen LogP contribution >= 0.6 is 0 Å². The summed E-state index contributed by atoms with van der Waals surface area (Å²) in [6, 6.07) is 9.73. The Labute approximate surface area is 114 Å². The van der Waals surface area contributed by atoms with Gasteiger partial charge in [0.25, 0.3) is 0 Å². The van der Waals surface area contributed by atoms with Gasteiger partial charge in [0.1, 0.15) is 11.6 Å². The predicted octanol–water partition coefficient (Wildman–Crippen LogP) is 2.93. The second-order valence-electron chi connectivity index (χ2n) is 4.23. The van der Waals surface area contributed by atoms with Gasteiger partial charge in [-0.25, -0.2) is 14.2 Å². The SMILES string of the molecule is COC(=O)c1cccn2c(-c3ccccc3F)ncc12. The van der Waals surface area contributed by atoms with E-state index in [-0.39, 0.29) is 5.82 Å². The van der Waals surface area contributed by atoms with E-state index in [1.54, 1.807) is 40.9 Å². The third kappa shape index (κ3) is 1.84. The molecule has 0 amide bonds. The maximum absolute atomic E-state index is 13.9. The van der Waals surface area contributed by atoms with Gasteiger partial charge in [-0.1, -0.05) is 12.1 Å². The summed E-state index contributed by atoms with van der Waals surface area (Å²) < 4.78 is 20.3. The van der Waals surface area contributed by atoms with Crippen LogP contribution in [0.4, 0.5) is 4.39 Å². The number of hydrogen-bond donors (Lipinski definition) is 0. The van der Waals surface area contributed by atoms with E-state index >= 15 is 0 Å². The highest BCUT2D eigenvalue weighted by Gasteiger charge is 2.15.